The Morgan fingerprint density at radius 2 is 2.00 bits per heavy atom. The van der Waals surface area contributed by atoms with Gasteiger partial charge in [0.15, 0.2) is 0 Å². The maximum atomic E-state index is 11.9. The van der Waals surface area contributed by atoms with Gasteiger partial charge in [0, 0.05) is 25.0 Å². The van der Waals surface area contributed by atoms with Crippen LogP contribution in [0.1, 0.15) is 25.3 Å². The van der Waals surface area contributed by atoms with Crippen LogP contribution in [-0.2, 0) is 16.0 Å². The van der Waals surface area contributed by atoms with Crippen LogP contribution in [0.15, 0.2) is 24.3 Å². The normalized spacial score (nSPS) is 10.2. The monoisotopic (exact) mass is 296 g/mol. The van der Waals surface area contributed by atoms with Gasteiger partial charge in [0.1, 0.15) is 0 Å². The van der Waals surface area contributed by atoms with Crippen molar-refractivity contribution in [3.05, 3.63) is 29.8 Å². The molecule has 0 aliphatic rings. The van der Waals surface area contributed by atoms with Gasteiger partial charge in [-0.2, -0.15) is 0 Å². The van der Waals surface area contributed by atoms with Crippen LogP contribution < -0.4 is 5.32 Å². The van der Waals surface area contributed by atoms with E-state index in [9.17, 15) is 9.59 Å². The van der Waals surface area contributed by atoms with E-state index in [0.29, 0.717) is 18.7 Å². The molecule has 4 nitrogen and oxygen atoms in total. The number of amides is 2. The summed E-state index contributed by atoms with van der Waals surface area (Å²) in [7, 11) is 1.63. The van der Waals surface area contributed by atoms with Crippen molar-refractivity contribution in [3.8, 4) is 0 Å². The summed E-state index contributed by atoms with van der Waals surface area (Å²) >= 11 is 5.55. The summed E-state index contributed by atoms with van der Waals surface area (Å²) in [4.78, 5) is 25.1. The maximum absolute atomic E-state index is 11.9. The van der Waals surface area contributed by atoms with E-state index in [4.69, 9.17) is 11.6 Å². The summed E-state index contributed by atoms with van der Waals surface area (Å²) in [6, 6.07) is 7.66. The van der Waals surface area contributed by atoms with Gasteiger partial charge in [0.05, 0.1) is 6.54 Å². The van der Waals surface area contributed by atoms with Crippen molar-refractivity contribution < 1.29 is 9.59 Å². The molecule has 0 atom stereocenters. The Labute approximate surface area is 125 Å². The second kappa shape index (κ2) is 8.59. The lowest BCUT2D eigenvalue weighted by Crippen LogP contribution is -2.35. The fourth-order valence-corrected chi connectivity index (χ4v) is 1.99. The molecule has 0 bridgehead atoms. The minimum Gasteiger partial charge on any atom is -0.336 e. The van der Waals surface area contributed by atoms with Gasteiger partial charge in [-0.25, -0.2) is 0 Å². The average molecular weight is 297 g/mol. The predicted molar refractivity (Wildman–Crippen MR) is 82.0 cm³/mol. The molecule has 0 aliphatic heterocycles. The first-order valence-corrected chi connectivity index (χ1v) is 7.29. The molecule has 1 rings (SSSR count). The fourth-order valence-electron chi connectivity index (χ4n) is 1.85. The highest BCUT2D eigenvalue weighted by Gasteiger charge is 2.13. The molecule has 0 aromatic heterocycles. The van der Waals surface area contributed by atoms with E-state index in [0.717, 1.165) is 17.7 Å². The molecule has 1 aromatic rings. The van der Waals surface area contributed by atoms with E-state index >= 15 is 0 Å². The van der Waals surface area contributed by atoms with E-state index in [1.54, 1.807) is 7.05 Å². The van der Waals surface area contributed by atoms with Crippen molar-refractivity contribution in [2.75, 3.05) is 24.8 Å². The molecule has 2 amide bonds. The number of likely N-dealkylation sites (N-methyl/N-ethyl adjacent to an activating group) is 1. The predicted octanol–water partition coefficient (Wildman–Crippen LogP) is 2.66. The number of anilines is 1. The minimum atomic E-state index is -0.187. The molecule has 20 heavy (non-hydrogen) atoms. The number of rotatable bonds is 7. The van der Waals surface area contributed by atoms with E-state index in [1.807, 2.05) is 31.2 Å². The Balaban J connectivity index is 2.53. The number of halogens is 1. The molecule has 0 fully saturated rings. The number of nitrogens with zero attached hydrogens (tertiary/aromatic N) is 1. The molecular formula is C15H21ClN2O2. The summed E-state index contributed by atoms with van der Waals surface area (Å²) in [6.07, 6.45) is 1.85. The summed E-state index contributed by atoms with van der Waals surface area (Å²) < 4.78 is 0. The minimum absolute atomic E-state index is 0.0547. The quantitative estimate of drug-likeness (QED) is 0.787. The van der Waals surface area contributed by atoms with Crippen molar-refractivity contribution in [2.24, 2.45) is 0 Å². The first kappa shape index (κ1) is 16.5. The number of para-hydroxylation sites is 1. The number of hydrogen-bond donors (Lipinski definition) is 1. The summed E-state index contributed by atoms with van der Waals surface area (Å²) in [5, 5.41) is 2.84. The number of nitrogens with one attached hydrogen (secondary N) is 1. The third kappa shape index (κ3) is 5.21. The van der Waals surface area contributed by atoms with E-state index < -0.39 is 0 Å². The van der Waals surface area contributed by atoms with Gasteiger partial charge in [-0.1, -0.05) is 25.1 Å². The Bertz CT molecular complexity index is 463. The Hall–Kier alpha value is -1.55. The van der Waals surface area contributed by atoms with Gasteiger partial charge in [-0.05, 0) is 24.5 Å². The van der Waals surface area contributed by atoms with Gasteiger partial charge in [-0.15, -0.1) is 11.6 Å². The van der Waals surface area contributed by atoms with Crippen LogP contribution in [0.5, 0.6) is 0 Å². The van der Waals surface area contributed by atoms with Crippen molar-refractivity contribution in [3.63, 3.8) is 0 Å². The standard InChI is InChI=1S/C15H21ClN2O2/c1-3-12-7-4-5-8-13(12)17-14(19)11-18(2)15(20)9-6-10-16/h4-5,7-8H,3,6,9-11H2,1-2H3,(H,17,19). The third-order valence-electron chi connectivity index (χ3n) is 3.00. The summed E-state index contributed by atoms with van der Waals surface area (Å²) in [5.41, 5.74) is 1.89. The van der Waals surface area contributed by atoms with Crippen LogP contribution in [0, 0.1) is 0 Å². The van der Waals surface area contributed by atoms with Crippen molar-refractivity contribution in [1.82, 2.24) is 4.90 Å². The maximum Gasteiger partial charge on any atom is 0.243 e. The first-order chi connectivity index (χ1) is 9.58. The van der Waals surface area contributed by atoms with Gasteiger partial charge in [-0.3, -0.25) is 9.59 Å². The molecule has 0 aliphatic carbocycles. The molecule has 0 radical (unpaired) electrons. The largest absolute Gasteiger partial charge is 0.336 e. The van der Waals surface area contributed by atoms with Crippen LogP contribution in [0.25, 0.3) is 0 Å². The van der Waals surface area contributed by atoms with Gasteiger partial charge in [0.2, 0.25) is 11.8 Å². The van der Waals surface area contributed by atoms with E-state index in [2.05, 4.69) is 5.32 Å². The van der Waals surface area contributed by atoms with Crippen LogP contribution in [-0.4, -0.2) is 36.2 Å². The smallest absolute Gasteiger partial charge is 0.243 e. The third-order valence-corrected chi connectivity index (χ3v) is 3.27. The summed E-state index contributed by atoms with van der Waals surface area (Å²) in [5.74, 6) is 0.201. The fraction of sp³-hybridized carbons (Fsp3) is 0.467. The zero-order chi connectivity index (χ0) is 15.0. The highest BCUT2D eigenvalue weighted by molar-refractivity contribution is 6.17. The molecule has 110 valence electrons. The highest BCUT2D eigenvalue weighted by atomic mass is 35.5. The topological polar surface area (TPSA) is 49.4 Å². The zero-order valence-corrected chi connectivity index (χ0v) is 12.7. The van der Waals surface area contributed by atoms with Gasteiger partial charge < -0.3 is 10.2 Å². The second-order valence-electron chi connectivity index (χ2n) is 4.60. The molecule has 0 saturated heterocycles. The van der Waals surface area contributed by atoms with Gasteiger partial charge in [0.25, 0.3) is 0 Å². The Kier molecular flexibility index (Phi) is 7.09. The first-order valence-electron chi connectivity index (χ1n) is 6.76. The van der Waals surface area contributed by atoms with Crippen molar-refractivity contribution in [1.29, 1.82) is 0 Å². The Morgan fingerprint density at radius 3 is 2.65 bits per heavy atom. The van der Waals surface area contributed by atoms with Crippen LogP contribution in [0.3, 0.4) is 0 Å². The number of alkyl halides is 1. The number of benzene rings is 1. The van der Waals surface area contributed by atoms with Crippen LogP contribution in [0.2, 0.25) is 0 Å². The summed E-state index contributed by atoms with van der Waals surface area (Å²) in [6.45, 7) is 2.09. The second-order valence-corrected chi connectivity index (χ2v) is 4.98. The van der Waals surface area contributed by atoms with E-state index in [1.165, 1.54) is 4.90 Å². The lowest BCUT2D eigenvalue weighted by Gasteiger charge is -2.17. The lowest BCUT2D eigenvalue weighted by atomic mass is 10.1. The van der Waals surface area contributed by atoms with Gasteiger partial charge >= 0.3 is 0 Å². The van der Waals surface area contributed by atoms with Crippen molar-refractivity contribution >= 4 is 29.1 Å². The molecule has 5 heteroatoms. The van der Waals surface area contributed by atoms with Crippen LogP contribution >= 0.6 is 11.6 Å². The SMILES string of the molecule is CCc1ccccc1NC(=O)CN(C)C(=O)CCCCl. The molecule has 0 heterocycles. The molecular weight excluding hydrogens is 276 g/mol. The zero-order valence-electron chi connectivity index (χ0n) is 12.0. The lowest BCUT2D eigenvalue weighted by molar-refractivity contribution is -0.133. The molecule has 0 spiro atoms. The highest BCUT2D eigenvalue weighted by Crippen LogP contribution is 2.15. The molecule has 0 unspecified atom stereocenters. The number of carbonyl (C=O) groups excluding carboxylic acids is 2. The van der Waals surface area contributed by atoms with Crippen LogP contribution in [0.4, 0.5) is 5.69 Å². The number of carbonyl (C=O) groups is 2. The molecule has 1 N–H and O–H groups in total. The number of hydrogen-bond acceptors (Lipinski definition) is 2. The average Bonchev–Trinajstić information content (AvgIpc) is 2.45. The van der Waals surface area contributed by atoms with E-state index in [-0.39, 0.29) is 18.4 Å². The van der Waals surface area contributed by atoms with Crippen molar-refractivity contribution in [2.45, 2.75) is 26.2 Å². The number of aryl methyl sites for hydroxylation is 1. The Morgan fingerprint density at radius 1 is 1.30 bits per heavy atom. The molecule has 0 saturated carbocycles. The molecule has 1 aromatic carbocycles.